The number of nitrogens with one attached hydrogen (secondary N) is 1. The second-order valence-electron chi connectivity index (χ2n) is 7.87. The first-order valence-corrected chi connectivity index (χ1v) is 11.6. The number of hydrogen-bond acceptors (Lipinski definition) is 6. The Hall–Kier alpha value is -3.78. The van der Waals surface area contributed by atoms with E-state index in [1.165, 1.54) is 4.52 Å². The third-order valence-corrected chi connectivity index (χ3v) is 7.22. The number of aryl methyl sites for hydroxylation is 3. The number of aromatic nitrogens is 4. The molecule has 0 aliphatic rings. The van der Waals surface area contributed by atoms with Crippen molar-refractivity contribution < 1.29 is 8.42 Å². The summed E-state index contributed by atoms with van der Waals surface area (Å²) in [6.07, 6.45) is 0. The second kappa shape index (κ2) is 7.42. The van der Waals surface area contributed by atoms with E-state index in [9.17, 15) is 8.42 Å². The summed E-state index contributed by atoms with van der Waals surface area (Å²) in [5, 5.41) is 12.2. The zero-order valence-corrected chi connectivity index (χ0v) is 18.7. The van der Waals surface area contributed by atoms with Gasteiger partial charge in [-0.15, -0.1) is 5.10 Å². The monoisotopic (exact) mass is 443 g/mol. The van der Waals surface area contributed by atoms with Gasteiger partial charge in [0.2, 0.25) is 14.9 Å². The van der Waals surface area contributed by atoms with Gasteiger partial charge in [0, 0.05) is 11.1 Å². The van der Waals surface area contributed by atoms with Crippen LogP contribution in [0.4, 0.5) is 11.5 Å². The molecule has 3 aromatic carbocycles. The molecular formula is C24H21N5O2S. The van der Waals surface area contributed by atoms with E-state index in [0.717, 1.165) is 22.2 Å². The van der Waals surface area contributed by atoms with E-state index in [1.807, 2.05) is 68.4 Å². The number of rotatable bonds is 4. The minimum Gasteiger partial charge on any atom is -0.340 e. The van der Waals surface area contributed by atoms with E-state index >= 15 is 0 Å². The van der Waals surface area contributed by atoms with Gasteiger partial charge in [-0.25, -0.2) is 13.4 Å². The fourth-order valence-corrected chi connectivity index (χ4v) is 5.25. The Morgan fingerprint density at radius 1 is 0.875 bits per heavy atom. The number of hydrogen-bond donors (Lipinski definition) is 1. The van der Waals surface area contributed by atoms with Crippen LogP contribution in [0.5, 0.6) is 0 Å². The third-order valence-electron chi connectivity index (χ3n) is 5.42. The highest BCUT2D eigenvalue weighted by atomic mass is 32.2. The van der Waals surface area contributed by atoms with Crippen molar-refractivity contribution in [3.8, 4) is 0 Å². The molecule has 160 valence electrons. The summed E-state index contributed by atoms with van der Waals surface area (Å²) in [4.78, 5) is 4.88. The summed E-state index contributed by atoms with van der Waals surface area (Å²) in [7, 11) is -3.92. The fourth-order valence-electron chi connectivity index (χ4n) is 3.69. The lowest BCUT2D eigenvalue weighted by molar-refractivity contribution is 0.592. The molecule has 0 bridgehead atoms. The third kappa shape index (κ3) is 3.29. The van der Waals surface area contributed by atoms with Crippen LogP contribution in [0.1, 0.15) is 16.7 Å². The standard InChI is InChI=1S/C24H21N5O2S/c1-15-9-12-18(13-10-15)25-22-19-6-4-5-7-20(19)29-23(26-22)24(27-28-29)32(30,31)21-14-16(2)8-11-17(21)3/h4-14H,1-3H3,(H,25,26). The van der Waals surface area contributed by atoms with Crippen molar-refractivity contribution >= 4 is 37.9 Å². The van der Waals surface area contributed by atoms with Crippen LogP contribution < -0.4 is 5.32 Å². The Bertz CT molecular complexity index is 1590. The molecule has 8 heteroatoms. The van der Waals surface area contributed by atoms with E-state index < -0.39 is 9.84 Å². The average molecular weight is 444 g/mol. The molecule has 0 aliphatic carbocycles. The molecular weight excluding hydrogens is 422 g/mol. The van der Waals surface area contributed by atoms with Crippen molar-refractivity contribution in [3.63, 3.8) is 0 Å². The number of anilines is 2. The molecule has 0 amide bonds. The maximum absolute atomic E-state index is 13.5. The zero-order chi connectivity index (χ0) is 22.5. The summed E-state index contributed by atoms with van der Waals surface area (Å²) >= 11 is 0. The topological polar surface area (TPSA) is 89.2 Å². The van der Waals surface area contributed by atoms with E-state index in [1.54, 1.807) is 19.1 Å². The molecule has 7 nitrogen and oxygen atoms in total. The van der Waals surface area contributed by atoms with Gasteiger partial charge in [0.1, 0.15) is 5.82 Å². The SMILES string of the molecule is Cc1ccc(Nc2nc3c(S(=O)(=O)c4cc(C)ccc4C)nnn3c3ccccc23)cc1. The molecule has 1 N–H and O–H groups in total. The van der Waals surface area contributed by atoms with Crippen LogP contribution in [0.2, 0.25) is 0 Å². The maximum Gasteiger partial charge on any atom is 0.229 e. The van der Waals surface area contributed by atoms with Gasteiger partial charge >= 0.3 is 0 Å². The Morgan fingerprint density at radius 2 is 1.59 bits per heavy atom. The highest BCUT2D eigenvalue weighted by Gasteiger charge is 2.28. The smallest absolute Gasteiger partial charge is 0.229 e. The summed E-state index contributed by atoms with van der Waals surface area (Å²) in [5.74, 6) is 0.539. The van der Waals surface area contributed by atoms with Crippen molar-refractivity contribution in [1.29, 1.82) is 0 Å². The Balaban J connectivity index is 1.75. The highest BCUT2D eigenvalue weighted by molar-refractivity contribution is 7.91. The van der Waals surface area contributed by atoms with Crippen LogP contribution >= 0.6 is 0 Å². The van der Waals surface area contributed by atoms with Gasteiger partial charge < -0.3 is 5.32 Å². The van der Waals surface area contributed by atoms with Crippen molar-refractivity contribution in [2.45, 2.75) is 30.7 Å². The van der Waals surface area contributed by atoms with Gasteiger partial charge in [-0.1, -0.05) is 47.2 Å². The lowest BCUT2D eigenvalue weighted by Crippen LogP contribution is -2.07. The molecule has 0 fully saturated rings. The Kier molecular flexibility index (Phi) is 4.67. The van der Waals surface area contributed by atoms with E-state index in [4.69, 9.17) is 0 Å². The molecule has 0 unspecified atom stereocenters. The first kappa shape index (κ1) is 20.1. The van der Waals surface area contributed by atoms with Gasteiger partial charge in [-0.3, -0.25) is 0 Å². The van der Waals surface area contributed by atoms with Crippen LogP contribution in [0.15, 0.2) is 76.7 Å². The van der Waals surface area contributed by atoms with Gasteiger partial charge in [0.15, 0.2) is 5.65 Å². The largest absolute Gasteiger partial charge is 0.340 e. The molecule has 5 aromatic rings. The molecule has 0 saturated carbocycles. The highest BCUT2D eigenvalue weighted by Crippen LogP contribution is 2.30. The molecule has 5 rings (SSSR count). The molecule has 0 spiro atoms. The summed E-state index contributed by atoms with van der Waals surface area (Å²) in [5.41, 5.74) is 4.39. The predicted octanol–water partition coefficient (Wildman–Crippen LogP) is 4.78. The number of nitrogens with zero attached hydrogens (tertiary/aromatic N) is 4. The first-order valence-electron chi connectivity index (χ1n) is 10.1. The molecule has 0 radical (unpaired) electrons. The molecule has 0 aliphatic heterocycles. The minimum absolute atomic E-state index is 0.163. The van der Waals surface area contributed by atoms with E-state index in [2.05, 4.69) is 20.6 Å². The quantitative estimate of drug-likeness (QED) is 0.430. The van der Waals surface area contributed by atoms with Crippen LogP contribution in [0.3, 0.4) is 0 Å². The molecule has 0 atom stereocenters. The summed E-state index contributed by atoms with van der Waals surface area (Å²) < 4.78 is 28.6. The van der Waals surface area contributed by atoms with Crippen molar-refractivity contribution in [2.75, 3.05) is 5.32 Å². The van der Waals surface area contributed by atoms with Crippen molar-refractivity contribution in [1.82, 2.24) is 19.8 Å². The second-order valence-corrected chi connectivity index (χ2v) is 9.70. The van der Waals surface area contributed by atoms with Gasteiger partial charge in [0.25, 0.3) is 0 Å². The lowest BCUT2D eigenvalue weighted by Gasteiger charge is -2.11. The van der Waals surface area contributed by atoms with Gasteiger partial charge in [-0.05, 0) is 62.2 Å². The summed E-state index contributed by atoms with van der Waals surface area (Å²) in [6, 6.07) is 20.8. The lowest BCUT2D eigenvalue weighted by atomic mass is 10.2. The normalized spacial score (nSPS) is 11.8. The summed E-state index contributed by atoms with van der Waals surface area (Å²) in [6.45, 7) is 5.65. The Labute approximate surface area is 185 Å². The van der Waals surface area contributed by atoms with Crippen LogP contribution in [-0.4, -0.2) is 28.2 Å². The van der Waals surface area contributed by atoms with Crippen LogP contribution in [0.25, 0.3) is 16.6 Å². The fraction of sp³-hybridized carbons (Fsp3) is 0.125. The molecule has 2 aromatic heterocycles. The van der Waals surface area contributed by atoms with E-state index in [0.29, 0.717) is 16.9 Å². The van der Waals surface area contributed by atoms with Gasteiger partial charge in [-0.2, -0.15) is 4.52 Å². The van der Waals surface area contributed by atoms with Gasteiger partial charge in [0.05, 0.1) is 10.4 Å². The minimum atomic E-state index is -3.92. The Morgan fingerprint density at radius 3 is 2.38 bits per heavy atom. The molecule has 2 heterocycles. The molecule has 0 saturated heterocycles. The number of fused-ring (bicyclic) bond motifs is 3. The van der Waals surface area contributed by atoms with Crippen LogP contribution in [-0.2, 0) is 9.84 Å². The number of benzene rings is 3. The number of sulfone groups is 1. The van der Waals surface area contributed by atoms with Crippen LogP contribution in [0, 0.1) is 20.8 Å². The average Bonchev–Trinajstić information content (AvgIpc) is 3.22. The van der Waals surface area contributed by atoms with E-state index in [-0.39, 0.29) is 15.6 Å². The predicted molar refractivity (Wildman–Crippen MR) is 124 cm³/mol. The number of para-hydroxylation sites is 1. The van der Waals surface area contributed by atoms with Crippen molar-refractivity contribution in [3.05, 3.63) is 83.4 Å². The first-order chi connectivity index (χ1) is 15.3. The zero-order valence-electron chi connectivity index (χ0n) is 17.9. The maximum atomic E-state index is 13.5. The molecule has 32 heavy (non-hydrogen) atoms. The van der Waals surface area contributed by atoms with Crippen molar-refractivity contribution in [2.24, 2.45) is 0 Å².